The molecule has 6 heteroatoms. The molecule has 140 valence electrons. The van der Waals surface area contributed by atoms with Crippen molar-refractivity contribution in [3.8, 4) is 0 Å². The fourth-order valence-corrected chi connectivity index (χ4v) is 3.15. The van der Waals surface area contributed by atoms with E-state index in [1.807, 2.05) is 48.5 Å². The molecule has 0 fully saturated rings. The molecule has 1 aliphatic rings. The Morgan fingerprint density at radius 1 is 0.500 bits per heavy atom. The fourth-order valence-electron chi connectivity index (χ4n) is 3.15. The van der Waals surface area contributed by atoms with E-state index >= 15 is 0 Å². The zero-order valence-electron chi connectivity index (χ0n) is 15.2. The van der Waals surface area contributed by atoms with Crippen molar-refractivity contribution in [2.24, 2.45) is 0 Å². The van der Waals surface area contributed by atoms with E-state index in [9.17, 15) is 9.59 Å². The van der Waals surface area contributed by atoms with Gasteiger partial charge in [0.1, 0.15) is 0 Å². The zero-order chi connectivity index (χ0) is 19.3. The molecule has 0 spiro atoms. The van der Waals surface area contributed by atoms with Gasteiger partial charge in [0.15, 0.2) is 0 Å². The van der Waals surface area contributed by atoms with Crippen molar-refractivity contribution in [2.45, 2.75) is 0 Å². The first-order chi connectivity index (χ1) is 13.7. The Balaban J connectivity index is 1.75. The lowest BCUT2D eigenvalue weighted by molar-refractivity contribution is 0.101. The number of para-hydroxylation sites is 4. The number of nitrogens with one attached hydrogen (secondary N) is 4. The Bertz CT molecular complexity index is 950. The standard InChI is InChI=1S/C22H20N4O2/c27-21-15-7-1-3-9-17(15)23-13-14-24-18-10-4-2-8-16(18)22(28)26-20-12-6-5-11-19(20)25-21/h1-12,23-24H,13-14H2,(H,25,27)(H,26,28). The summed E-state index contributed by atoms with van der Waals surface area (Å²) in [6.45, 7) is 1.19. The van der Waals surface area contributed by atoms with Gasteiger partial charge >= 0.3 is 0 Å². The average Bonchev–Trinajstić information content (AvgIpc) is 2.72. The highest BCUT2D eigenvalue weighted by molar-refractivity contribution is 6.13. The number of anilines is 4. The van der Waals surface area contributed by atoms with E-state index in [2.05, 4.69) is 21.3 Å². The van der Waals surface area contributed by atoms with Crippen LogP contribution in [0.25, 0.3) is 0 Å². The molecule has 1 aliphatic heterocycles. The Morgan fingerprint density at radius 2 is 0.857 bits per heavy atom. The molecule has 3 aromatic carbocycles. The lowest BCUT2D eigenvalue weighted by atomic mass is 10.1. The Labute approximate surface area is 163 Å². The van der Waals surface area contributed by atoms with Crippen molar-refractivity contribution in [2.75, 3.05) is 34.4 Å². The monoisotopic (exact) mass is 372 g/mol. The number of carbonyl (C=O) groups is 2. The molecule has 6 nitrogen and oxygen atoms in total. The van der Waals surface area contributed by atoms with E-state index in [-0.39, 0.29) is 11.8 Å². The Kier molecular flexibility index (Phi) is 4.93. The third-order valence-electron chi connectivity index (χ3n) is 4.52. The van der Waals surface area contributed by atoms with Crippen molar-refractivity contribution >= 4 is 34.6 Å². The van der Waals surface area contributed by atoms with E-state index in [0.29, 0.717) is 35.6 Å². The van der Waals surface area contributed by atoms with Crippen molar-refractivity contribution in [3.63, 3.8) is 0 Å². The molecule has 0 radical (unpaired) electrons. The third-order valence-corrected chi connectivity index (χ3v) is 4.52. The summed E-state index contributed by atoms with van der Waals surface area (Å²) in [6.07, 6.45) is 0. The molecule has 3 aromatic rings. The molecule has 2 amide bonds. The van der Waals surface area contributed by atoms with E-state index in [0.717, 1.165) is 11.4 Å². The molecule has 4 N–H and O–H groups in total. The summed E-state index contributed by atoms with van der Waals surface area (Å²) in [5, 5.41) is 12.4. The van der Waals surface area contributed by atoms with Crippen molar-refractivity contribution in [1.82, 2.24) is 0 Å². The summed E-state index contributed by atoms with van der Waals surface area (Å²) in [5.74, 6) is -0.481. The molecule has 0 aromatic heterocycles. The van der Waals surface area contributed by atoms with Gasteiger partial charge in [-0.2, -0.15) is 0 Å². The second-order valence-corrected chi connectivity index (χ2v) is 6.40. The van der Waals surface area contributed by atoms with Crippen molar-refractivity contribution in [3.05, 3.63) is 83.9 Å². The van der Waals surface area contributed by atoms with Crippen molar-refractivity contribution in [1.29, 1.82) is 0 Å². The van der Waals surface area contributed by atoms with Gasteiger partial charge < -0.3 is 21.3 Å². The van der Waals surface area contributed by atoms with Gasteiger partial charge in [-0.15, -0.1) is 0 Å². The van der Waals surface area contributed by atoms with Crippen LogP contribution in [0.5, 0.6) is 0 Å². The first-order valence-corrected chi connectivity index (χ1v) is 9.10. The highest BCUT2D eigenvalue weighted by Crippen LogP contribution is 2.25. The van der Waals surface area contributed by atoms with Crippen LogP contribution < -0.4 is 21.3 Å². The van der Waals surface area contributed by atoms with E-state index in [1.54, 1.807) is 24.3 Å². The van der Waals surface area contributed by atoms with Gasteiger partial charge in [0.05, 0.1) is 22.5 Å². The summed E-state index contributed by atoms with van der Waals surface area (Å²) in [5.41, 5.74) is 3.68. The lowest BCUT2D eigenvalue weighted by Crippen LogP contribution is -2.22. The maximum absolute atomic E-state index is 12.8. The SMILES string of the molecule is O=C1Nc2ccccc2NC(=O)c2ccccc2NCCNc2ccccc21. The summed E-state index contributed by atoms with van der Waals surface area (Å²) in [6, 6.07) is 21.9. The van der Waals surface area contributed by atoms with Crippen LogP contribution in [0.2, 0.25) is 0 Å². The summed E-state index contributed by atoms with van der Waals surface area (Å²) < 4.78 is 0. The minimum Gasteiger partial charge on any atom is -0.383 e. The van der Waals surface area contributed by atoms with Crippen LogP contribution >= 0.6 is 0 Å². The number of hydrogen-bond acceptors (Lipinski definition) is 4. The van der Waals surface area contributed by atoms with Crippen LogP contribution in [-0.2, 0) is 0 Å². The smallest absolute Gasteiger partial charge is 0.257 e. The summed E-state index contributed by atoms with van der Waals surface area (Å²) in [7, 11) is 0. The Hall–Kier alpha value is -3.80. The zero-order valence-corrected chi connectivity index (χ0v) is 15.2. The Morgan fingerprint density at radius 3 is 1.29 bits per heavy atom. The predicted molar refractivity (Wildman–Crippen MR) is 112 cm³/mol. The second-order valence-electron chi connectivity index (χ2n) is 6.40. The van der Waals surface area contributed by atoms with Gasteiger partial charge in [-0.25, -0.2) is 0 Å². The summed E-state index contributed by atoms with van der Waals surface area (Å²) in [4.78, 5) is 25.7. The number of amides is 2. The molecular formula is C22H20N4O2. The largest absolute Gasteiger partial charge is 0.383 e. The maximum Gasteiger partial charge on any atom is 0.257 e. The third kappa shape index (κ3) is 3.66. The van der Waals surface area contributed by atoms with Gasteiger partial charge in [0.25, 0.3) is 11.8 Å². The van der Waals surface area contributed by atoms with Crippen LogP contribution in [0.1, 0.15) is 20.7 Å². The number of rotatable bonds is 0. The van der Waals surface area contributed by atoms with E-state index < -0.39 is 0 Å². The topological polar surface area (TPSA) is 82.3 Å². The van der Waals surface area contributed by atoms with Crippen LogP contribution in [0.4, 0.5) is 22.7 Å². The van der Waals surface area contributed by atoms with Crippen molar-refractivity contribution < 1.29 is 9.59 Å². The molecule has 0 saturated heterocycles. The summed E-state index contributed by atoms with van der Waals surface area (Å²) >= 11 is 0. The quantitative estimate of drug-likeness (QED) is 0.480. The molecule has 0 atom stereocenters. The lowest BCUT2D eigenvalue weighted by Gasteiger charge is -2.18. The number of fused-ring (bicyclic) bond motifs is 3. The van der Waals surface area contributed by atoms with Gasteiger partial charge in [-0.05, 0) is 36.4 Å². The number of hydrogen-bond donors (Lipinski definition) is 4. The molecule has 28 heavy (non-hydrogen) atoms. The second kappa shape index (κ2) is 7.84. The maximum atomic E-state index is 12.8. The molecule has 1 heterocycles. The van der Waals surface area contributed by atoms with Gasteiger partial charge in [0.2, 0.25) is 0 Å². The highest BCUT2D eigenvalue weighted by Gasteiger charge is 2.16. The molecule has 4 rings (SSSR count). The van der Waals surface area contributed by atoms with Crippen LogP contribution in [-0.4, -0.2) is 24.9 Å². The minimum absolute atomic E-state index is 0.241. The normalized spacial score (nSPS) is 14.0. The molecule has 0 aliphatic carbocycles. The molecule has 0 bridgehead atoms. The highest BCUT2D eigenvalue weighted by atomic mass is 16.2. The molecular weight excluding hydrogens is 352 g/mol. The fraction of sp³-hybridized carbons (Fsp3) is 0.0909. The van der Waals surface area contributed by atoms with E-state index in [1.165, 1.54) is 0 Å². The first-order valence-electron chi connectivity index (χ1n) is 9.10. The van der Waals surface area contributed by atoms with Gasteiger partial charge in [-0.1, -0.05) is 36.4 Å². The van der Waals surface area contributed by atoms with Crippen LogP contribution in [0.15, 0.2) is 72.8 Å². The van der Waals surface area contributed by atoms with Crippen LogP contribution in [0.3, 0.4) is 0 Å². The number of carbonyl (C=O) groups excluding carboxylic acids is 2. The van der Waals surface area contributed by atoms with E-state index in [4.69, 9.17) is 0 Å². The average molecular weight is 372 g/mol. The molecule has 0 saturated carbocycles. The molecule has 0 unspecified atom stereocenters. The predicted octanol–water partition coefficient (Wildman–Crippen LogP) is 4.03. The van der Waals surface area contributed by atoms with Gasteiger partial charge in [0, 0.05) is 24.5 Å². The van der Waals surface area contributed by atoms with Crippen LogP contribution in [0, 0.1) is 0 Å². The number of benzene rings is 3. The van der Waals surface area contributed by atoms with Gasteiger partial charge in [-0.3, -0.25) is 9.59 Å². The first kappa shape index (κ1) is 17.6. The minimum atomic E-state index is -0.241.